The molecule has 0 spiro atoms. The molecule has 4 rings (SSSR count). The Kier molecular flexibility index (Phi) is 8.18. The minimum absolute atomic E-state index is 0.0965. The first-order chi connectivity index (χ1) is 19.2. The summed E-state index contributed by atoms with van der Waals surface area (Å²) in [4.78, 5) is 11.7. The summed E-state index contributed by atoms with van der Waals surface area (Å²) in [6.07, 6.45) is -5.87. The number of sulfonamides is 2. The molecule has 1 fully saturated rings. The number of halogens is 5. The Morgan fingerprint density at radius 3 is 2.38 bits per heavy atom. The Morgan fingerprint density at radius 1 is 1.19 bits per heavy atom. The van der Waals surface area contributed by atoms with Gasteiger partial charge in [0, 0.05) is 12.2 Å². The number of nitrogens with zero attached hydrogens (tertiary/aromatic N) is 3. The van der Waals surface area contributed by atoms with Crippen molar-refractivity contribution in [3.63, 3.8) is 0 Å². The van der Waals surface area contributed by atoms with Crippen molar-refractivity contribution in [3.8, 4) is 5.75 Å². The number of carbonyl (C=O) groups excluding carboxylic acids is 1. The second-order valence-electron chi connectivity index (χ2n) is 10.3. The van der Waals surface area contributed by atoms with E-state index < -0.39 is 66.8 Å². The van der Waals surface area contributed by atoms with Crippen molar-refractivity contribution in [2.24, 2.45) is 0 Å². The highest BCUT2D eigenvalue weighted by molar-refractivity contribution is 7.93. The number of nitrogens with one attached hydrogen (secondary N) is 2. The van der Waals surface area contributed by atoms with Crippen molar-refractivity contribution in [3.05, 3.63) is 30.1 Å². The summed E-state index contributed by atoms with van der Waals surface area (Å²) in [5, 5.41) is 5.09. The first-order valence-electron chi connectivity index (χ1n) is 12.5. The van der Waals surface area contributed by atoms with Crippen molar-refractivity contribution >= 4 is 37.5 Å². The van der Waals surface area contributed by atoms with E-state index in [2.05, 4.69) is 19.9 Å². The Hall–Kier alpha value is -3.19. The van der Waals surface area contributed by atoms with Gasteiger partial charge in [0.15, 0.2) is 0 Å². The average Bonchev–Trinajstić information content (AvgIpc) is 3.63. The molecule has 1 saturated carbocycles. The first-order valence-corrected chi connectivity index (χ1v) is 15.5. The van der Waals surface area contributed by atoms with Crippen LogP contribution >= 0.6 is 0 Å². The molecule has 0 saturated heterocycles. The van der Waals surface area contributed by atoms with E-state index in [1.165, 1.54) is 26.0 Å². The number of amides is 1. The fourth-order valence-electron chi connectivity index (χ4n) is 4.11. The zero-order chi connectivity index (χ0) is 31.4. The minimum Gasteiger partial charge on any atom is -0.485 e. The summed E-state index contributed by atoms with van der Waals surface area (Å²) in [5.74, 6) is -0.0965. The van der Waals surface area contributed by atoms with Crippen LogP contribution < -0.4 is 19.1 Å². The number of fused-ring (bicyclic) bond motifs is 1. The molecule has 2 atom stereocenters. The minimum atomic E-state index is -4.88. The largest absolute Gasteiger partial charge is 0.485 e. The predicted octanol–water partition coefficient (Wildman–Crippen LogP) is 3.90. The Bertz CT molecular complexity index is 1570. The quantitative estimate of drug-likeness (QED) is 0.390. The van der Waals surface area contributed by atoms with E-state index in [1.54, 1.807) is 0 Å². The molecule has 2 aromatic rings. The molecule has 2 N–H and O–H groups in total. The van der Waals surface area contributed by atoms with E-state index in [0.717, 1.165) is 10.4 Å². The van der Waals surface area contributed by atoms with Gasteiger partial charge < -0.3 is 9.47 Å². The normalized spacial score (nSPS) is 19.8. The van der Waals surface area contributed by atoms with Gasteiger partial charge in [0.05, 0.1) is 28.9 Å². The smallest absolute Gasteiger partial charge is 0.427 e. The van der Waals surface area contributed by atoms with Gasteiger partial charge in [-0.05, 0) is 58.7 Å². The van der Waals surface area contributed by atoms with Crippen LogP contribution in [-0.4, -0.2) is 68.4 Å². The van der Waals surface area contributed by atoms with Crippen LogP contribution in [0.15, 0.2) is 29.3 Å². The molecule has 1 aliphatic heterocycles. The maximum Gasteiger partial charge on any atom is 0.427 e. The average molecular weight is 646 g/mol. The van der Waals surface area contributed by atoms with E-state index in [0.29, 0.717) is 32.9 Å². The summed E-state index contributed by atoms with van der Waals surface area (Å²) < 4.78 is 132. The van der Waals surface area contributed by atoms with E-state index in [9.17, 15) is 43.6 Å². The first kappa shape index (κ1) is 31.7. The standard InChI is InChI=1S/C23H28F5N5O7S2/c1-12-19(11-32(31-12)20(24)25)42(37,38)33-13(2)18(10-29-41(35,36)15-6-7-15)39-17-8-5-14(9-16(17)33)30-21(34)40-22(3,4)23(26,27)28/h5,8-9,11,13,15,18,20,29H,6-7,10H2,1-4H3,(H,30,34). The molecule has 0 radical (unpaired) electrons. The van der Waals surface area contributed by atoms with Gasteiger partial charge in [-0.15, -0.1) is 0 Å². The zero-order valence-electron chi connectivity index (χ0n) is 22.6. The topological polar surface area (TPSA) is 149 Å². The summed E-state index contributed by atoms with van der Waals surface area (Å²) in [6, 6.07) is 2.35. The van der Waals surface area contributed by atoms with Crippen molar-refractivity contribution in [2.75, 3.05) is 16.2 Å². The molecule has 19 heteroatoms. The molecule has 1 amide bonds. The van der Waals surface area contributed by atoms with Crippen molar-refractivity contribution in [2.45, 2.75) is 81.2 Å². The fraction of sp³-hybridized carbons (Fsp3) is 0.565. The van der Waals surface area contributed by atoms with Crippen LogP contribution in [0.4, 0.5) is 38.1 Å². The van der Waals surface area contributed by atoms with E-state index >= 15 is 0 Å². The third-order valence-electron chi connectivity index (χ3n) is 6.72. The molecule has 12 nitrogen and oxygen atoms in total. The number of rotatable bonds is 9. The van der Waals surface area contributed by atoms with Crippen molar-refractivity contribution < 1.29 is 53.1 Å². The Morgan fingerprint density at radius 2 is 1.83 bits per heavy atom. The molecule has 1 aromatic carbocycles. The lowest BCUT2D eigenvalue weighted by Crippen LogP contribution is -2.54. The number of alkyl halides is 5. The molecule has 234 valence electrons. The molecule has 2 unspecified atom stereocenters. The highest BCUT2D eigenvalue weighted by Crippen LogP contribution is 2.42. The zero-order valence-corrected chi connectivity index (χ0v) is 24.3. The van der Waals surface area contributed by atoms with Gasteiger partial charge in [-0.3, -0.25) is 9.62 Å². The molecular formula is C23H28F5N5O7S2. The summed E-state index contributed by atoms with van der Waals surface area (Å²) in [7, 11) is -8.37. The summed E-state index contributed by atoms with van der Waals surface area (Å²) in [5.41, 5.74) is -3.49. The molecule has 1 aliphatic carbocycles. The van der Waals surface area contributed by atoms with Crippen LogP contribution in [0.2, 0.25) is 0 Å². The summed E-state index contributed by atoms with van der Waals surface area (Å²) in [6.45, 7) is 0.402. The molecular weight excluding hydrogens is 617 g/mol. The number of aryl methyl sites for hydroxylation is 1. The number of hydrogen-bond donors (Lipinski definition) is 2. The van der Waals surface area contributed by atoms with Gasteiger partial charge in [0.25, 0.3) is 10.0 Å². The lowest BCUT2D eigenvalue weighted by molar-refractivity contribution is -0.242. The number of carbonyl (C=O) groups is 1. The lowest BCUT2D eigenvalue weighted by Gasteiger charge is -2.41. The lowest BCUT2D eigenvalue weighted by atomic mass is 10.1. The van der Waals surface area contributed by atoms with E-state index in [-0.39, 0.29) is 34.0 Å². The van der Waals surface area contributed by atoms with Crippen molar-refractivity contribution in [1.82, 2.24) is 14.5 Å². The second-order valence-corrected chi connectivity index (χ2v) is 14.2. The van der Waals surface area contributed by atoms with Crippen LogP contribution in [0.25, 0.3) is 0 Å². The van der Waals surface area contributed by atoms with Crippen LogP contribution in [0.3, 0.4) is 0 Å². The molecule has 0 bridgehead atoms. The third-order valence-corrected chi connectivity index (χ3v) is 10.6. The summed E-state index contributed by atoms with van der Waals surface area (Å²) >= 11 is 0. The van der Waals surface area contributed by atoms with Gasteiger partial charge in [-0.2, -0.15) is 27.1 Å². The van der Waals surface area contributed by atoms with Crippen LogP contribution in [0, 0.1) is 6.92 Å². The van der Waals surface area contributed by atoms with Gasteiger partial charge in [-0.1, -0.05) is 0 Å². The van der Waals surface area contributed by atoms with Gasteiger partial charge in [0.1, 0.15) is 16.7 Å². The molecule has 2 aliphatic rings. The van der Waals surface area contributed by atoms with Crippen LogP contribution in [0.5, 0.6) is 5.75 Å². The maximum atomic E-state index is 13.9. The van der Waals surface area contributed by atoms with Gasteiger partial charge in [-0.25, -0.2) is 31.0 Å². The Balaban J connectivity index is 1.71. The SMILES string of the molecule is Cc1nn(C(F)F)cc1S(=O)(=O)N1c2cc(NC(=O)OC(C)(C)C(F)(F)F)ccc2OC(CNS(=O)(=O)C2CC2)C1C. The van der Waals surface area contributed by atoms with Gasteiger partial charge in [0.2, 0.25) is 15.6 Å². The fourth-order valence-corrected chi connectivity index (χ4v) is 7.34. The second kappa shape index (κ2) is 10.8. The van der Waals surface area contributed by atoms with Gasteiger partial charge >= 0.3 is 18.8 Å². The number of aromatic nitrogens is 2. The number of hydrogen-bond acceptors (Lipinski definition) is 8. The third kappa shape index (κ3) is 6.26. The van der Waals surface area contributed by atoms with E-state index in [4.69, 9.17) is 4.74 Å². The number of anilines is 2. The molecule has 42 heavy (non-hydrogen) atoms. The maximum absolute atomic E-state index is 13.9. The van der Waals surface area contributed by atoms with Crippen LogP contribution in [0.1, 0.15) is 45.9 Å². The van der Waals surface area contributed by atoms with Crippen molar-refractivity contribution in [1.29, 1.82) is 0 Å². The Labute approximate surface area is 238 Å². The highest BCUT2D eigenvalue weighted by atomic mass is 32.2. The highest BCUT2D eigenvalue weighted by Gasteiger charge is 2.51. The molecule has 1 aromatic heterocycles. The van der Waals surface area contributed by atoms with Crippen LogP contribution in [-0.2, 0) is 24.8 Å². The predicted molar refractivity (Wildman–Crippen MR) is 138 cm³/mol. The molecule has 2 heterocycles. The number of benzene rings is 1. The monoisotopic (exact) mass is 645 g/mol. The number of ether oxygens (including phenoxy) is 2. The van der Waals surface area contributed by atoms with E-state index in [1.807, 2.05) is 0 Å².